The van der Waals surface area contributed by atoms with Crippen LogP contribution in [0.15, 0.2) is 24.3 Å². The number of carbonyl (C=O) groups excluding carboxylic acids is 2. The summed E-state index contributed by atoms with van der Waals surface area (Å²) in [6, 6.07) is 6.72. The first-order valence-electron chi connectivity index (χ1n) is 8.84. The number of piperazine rings is 1. The van der Waals surface area contributed by atoms with Crippen molar-refractivity contribution < 1.29 is 14.0 Å². The van der Waals surface area contributed by atoms with Crippen LogP contribution in [0.2, 0.25) is 0 Å². The zero-order chi connectivity index (χ0) is 18.4. The number of hydrogen-bond acceptors (Lipinski definition) is 3. The maximum absolute atomic E-state index is 13.8. The number of anilines is 1. The second kappa shape index (κ2) is 8.32. The highest BCUT2D eigenvalue weighted by Gasteiger charge is 2.23. The van der Waals surface area contributed by atoms with Crippen LogP contribution in [0, 0.1) is 11.2 Å². The van der Waals surface area contributed by atoms with Crippen LogP contribution in [0.1, 0.15) is 33.6 Å². The molecule has 0 radical (unpaired) electrons. The summed E-state index contributed by atoms with van der Waals surface area (Å²) in [6.07, 6.45) is 1.05. The predicted octanol–water partition coefficient (Wildman–Crippen LogP) is 2.42. The molecule has 5 nitrogen and oxygen atoms in total. The molecule has 1 aromatic carbocycles. The fourth-order valence-electron chi connectivity index (χ4n) is 2.77. The van der Waals surface area contributed by atoms with E-state index in [4.69, 9.17) is 0 Å². The van der Waals surface area contributed by atoms with Crippen LogP contribution in [0.25, 0.3) is 0 Å². The summed E-state index contributed by atoms with van der Waals surface area (Å²) in [6.45, 7) is 8.56. The molecule has 1 aliphatic rings. The summed E-state index contributed by atoms with van der Waals surface area (Å²) in [5, 5.41) is 2.86. The second-order valence-corrected chi connectivity index (χ2v) is 7.43. The minimum atomic E-state index is -0.410. The molecule has 1 aromatic rings. The van der Waals surface area contributed by atoms with Crippen LogP contribution >= 0.6 is 0 Å². The maximum atomic E-state index is 13.8. The summed E-state index contributed by atoms with van der Waals surface area (Å²) >= 11 is 0. The van der Waals surface area contributed by atoms with E-state index in [0.29, 0.717) is 51.3 Å². The van der Waals surface area contributed by atoms with Gasteiger partial charge in [-0.3, -0.25) is 9.59 Å². The fraction of sp³-hybridized carbons (Fsp3) is 0.579. The van der Waals surface area contributed by atoms with E-state index in [1.54, 1.807) is 12.1 Å². The first kappa shape index (κ1) is 19.2. The molecule has 0 saturated carbocycles. The Labute approximate surface area is 149 Å². The van der Waals surface area contributed by atoms with Crippen LogP contribution in [0.3, 0.4) is 0 Å². The van der Waals surface area contributed by atoms with Crippen molar-refractivity contribution >= 4 is 17.5 Å². The summed E-state index contributed by atoms with van der Waals surface area (Å²) in [5.74, 6) is -0.131. The minimum Gasteiger partial charge on any atom is -0.366 e. The van der Waals surface area contributed by atoms with Gasteiger partial charge in [0.05, 0.1) is 5.69 Å². The van der Waals surface area contributed by atoms with E-state index in [1.807, 2.05) is 36.6 Å². The molecule has 0 unspecified atom stereocenters. The van der Waals surface area contributed by atoms with Gasteiger partial charge in [0.1, 0.15) is 5.82 Å². The zero-order valence-electron chi connectivity index (χ0n) is 15.3. The SMILES string of the molecule is CC(C)(C)C(=O)NCCCC(=O)N1CCN(c2ccccc2F)CC1. The average molecular weight is 349 g/mol. The van der Waals surface area contributed by atoms with E-state index in [2.05, 4.69) is 5.32 Å². The Morgan fingerprint density at radius 3 is 2.36 bits per heavy atom. The van der Waals surface area contributed by atoms with Gasteiger partial charge in [-0.25, -0.2) is 4.39 Å². The Balaban J connectivity index is 1.71. The first-order valence-corrected chi connectivity index (χ1v) is 8.84. The third-order valence-corrected chi connectivity index (χ3v) is 4.36. The van der Waals surface area contributed by atoms with Crippen molar-refractivity contribution in [2.75, 3.05) is 37.6 Å². The molecule has 1 fully saturated rings. The molecule has 0 aliphatic carbocycles. The number of benzene rings is 1. The molecule has 6 heteroatoms. The molecule has 0 bridgehead atoms. The van der Waals surface area contributed by atoms with Gasteiger partial charge in [-0.1, -0.05) is 32.9 Å². The number of para-hydroxylation sites is 1. The summed E-state index contributed by atoms with van der Waals surface area (Å²) in [5.41, 5.74) is 0.187. The summed E-state index contributed by atoms with van der Waals surface area (Å²) in [7, 11) is 0. The number of nitrogens with one attached hydrogen (secondary N) is 1. The van der Waals surface area contributed by atoms with Crippen LogP contribution in [0.4, 0.5) is 10.1 Å². The van der Waals surface area contributed by atoms with Crippen molar-refractivity contribution in [1.82, 2.24) is 10.2 Å². The molecule has 1 N–H and O–H groups in total. The van der Waals surface area contributed by atoms with Crippen LogP contribution in [-0.2, 0) is 9.59 Å². The minimum absolute atomic E-state index is 0.00143. The Kier molecular flexibility index (Phi) is 6.39. The Morgan fingerprint density at radius 2 is 1.76 bits per heavy atom. The van der Waals surface area contributed by atoms with Crippen LogP contribution in [-0.4, -0.2) is 49.4 Å². The lowest BCUT2D eigenvalue weighted by molar-refractivity contribution is -0.132. The highest BCUT2D eigenvalue weighted by Crippen LogP contribution is 2.20. The number of halogens is 1. The predicted molar refractivity (Wildman–Crippen MR) is 96.9 cm³/mol. The number of nitrogens with zero attached hydrogens (tertiary/aromatic N) is 2. The van der Waals surface area contributed by atoms with Gasteiger partial charge < -0.3 is 15.1 Å². The second-order valence-electron chi connectivity index (χ2n) is 7.43. The van der Waals surface area contributed by atoms with Gasteiger partial charge in [0.25, 0.3) is 0 Å². The van der Waals surface area contributed by atoms with Crippen LogP contribution in [0.5, 0.6) is 0 Å². The number of rotatable bonds is 5. The van der Waals surface area contributed by atoms with Gasteiger partial charge in [0.15, 0.2) is 0 Å². The molecule has 25 heavy (non-hydrogen) atoms. The van der Waals surface area contributed by atoms with Gasteiger partial charge in [-0.15, -0.1) is 0 Å². The molecular weight excluding hydrogens is 321 g/mol. The molecular formula is C19H28FN3O2. The van der Waals surface area contributed by atoms with Gasteiger partial charge in [-0.2, -0.15) is 0 Å². The monoisotopic (exact) mass is 349 g/mol. The van der Waals surface area contributed by atoms with Gasteiger partial charge in [0.2, 0.25) is 11.8 Å². The van der Waals surface area contributed by atoms with Crippen molar-refractivity contribution in [3.8, 4) is 0 Å². The zero-order valence-corrected chi connectivity index (χ0v) is 15.3. The van der Waals surface area contributed by atoms with E-state index in [-0.39, 0.29) is 17.6 Å². The van der Waals surface area contributed by atoms with Gasteiger partial charge >= 0.3 is 0 Å². The molecule has 0 atom stereocenters. The number of carbonyl (C=O) groups is 2. The third kappa shape index (κ3) is 5.44. The van der Waals surface area contributed by atoms with E-state index in [1.165, 1.54) is 6.07 Å². The highest BCUT2D eigenvalue weighted by molar-refractivity contribution is 5.81. The fourth-order valence-corrected chi connectivity index (χ4v) is 2.77. The maximum Gasteiger partial charge on any atom is 0.225 e. The number of hydrogen-bond donors (Lipinski definition) is 1. The third-order valence-electron chi connectivity index (χ3n) is 4.36. The topological polar surface area (TPSA) is 52.7 Å². The van der Waals surface area contributed by atoms with Gasteiger partial charge in [0, 0.05) is 44.6 Å². The van der Waals surface area contributed by atoms with Crippen molar-refractivity contribution in [2.45, 2.75) is 33.6 Å². The molecule has 0 spiro atoms. The lowest BCUT2D eigenvalue weighted by Crippen LogP contribution is -2.49. The van der Waals surface area contributed by atoms with Gasteiger partial charge in [-0.05, 0) is 18.6 Å². The summed E-state index contributed by atoms with van der Waals surface area (Å²) < 4.78 is 13.8. The quantitative estimate of drug-likeness (QED) is 0.831. The van der Waals surface area contributed by atoms with Crippen molar-refractivity contribution in [1.29, 1.82) is 0 Å². The van der Waals surface area contributed by atoms with E-state index >= 15 is 0 Å². The number of amides is 2. The molecule has 0 aromatic heterocycles. The molecule has 2 rings (SSSR count). The molecule has 138 valence electrons. The normalized spacial score (nSPS) is 15.2. The largest absolute Gasteiger partial charge is 0.366 e. The lowest BCUT2D eigenvalue weighted by atomic mass is 9.96. The van der Waals surface area contributed by atoms with Crippen molar-refractivity contribution in [3.63, 3.8) is 0 Å². The average Bonchev–Trinajstić information content (AvgIpc) is 2.58. The molecule has 2 amide bonds. The Hall–Kier alpha value is -2.11. The van der Waals surface area contributed by atoms with Crippen LogP contribution < -0.4 is 10.2 Å². The van der Waals surface area contributed by atoms with E-state index in [0.717, 1.165) is 0 Å². The summed E-state index contributed by atoms with van der Waals surface area (Å²) in [4.78, 5) is 27.8. The lowest BCUT2D eigenvalue weighted by Gasteiger charge is -2.36. The van der Waals surface area contributed by atoms with Crippen molar-refractivity contribution in [2.24, 2.45) is 5.41 Å². The van der Waals surface area contributed by atoms with E-state index < -0.39 is 5.41 Å². The Morgan fingerprint density at radius 1 is 1.12 bits per heavy atom. The molecule has 1 aliphatic heterocycles. The smallest absolute Gasteiger partial charge is 0.225 e. The molecule has 1 saturated heterocycles. The Bertz CT molecular complexity index is 605. The van der Waals surface area contributed by atoms with Crippen molar-refractivity contribution in [3.05, 3.63) is 30.1 Å². The standard InChI is InChI=1S/C19H28FN3O2/c1-19(2,3)18(25)21-10-6-9-17(24)23-13-11-22(12-14-23)16-8-5-4-7-15(16)20/h4-5,7-8H,6,9-14H2,1-3H3,(H,21,25). The molecule has 1 heterocycles. The first-order chi connectivity index (χ1) is 11.8. The highest BCUT2D eigenvalue weighted by atomic mass is 19.1. The van der Waals surface area contributed by atoms with E-state index in [9.17, 15) is 14.0 Å².